The van der Waals surface area contributed by atoms with E-state index in [1.807, 2.05) is 0 Å². The molecule has 0 aliphatic rings. The fourth-order valence-corrected chi connectivity index (χ4v) is 2.18. The van der Waals surface area contributed by atoms with Gasteiger partial charge in [0.05, 0.1) is 12.0 Å². The number of nitrogens with zero attached hydrogens (tertiary/aromatic N) is 3. The van der Waals surface area contributed by atoms with Crippen molar-refractivity contribution in [3.05, 3.63) is 66.5 Å². The molecule has 1 aromatic carbocycles. The molecular formula is C15H15N3O5. The van der Waals surface area contributed by atoms with E-state index in [0.717, 1.165) is 4.57 Å². The second-order valence-corrected chi connectivity index (χ2v) is 4.77. The molecule has 23 heavy (non-hydrogen) atoms. The predicted molar refractivity (Wildman–Crippen MR) is 85.5 cm³/mol. The highest BCUT2D eigenvalue weighted by molar-refractivity contribution is 5.74. The Labute approximate surface area is 131 Å². The third-order valence-corrected chi connectivity index (χ3v) is 3.43. The summed E-state index contributed by atoms with van der Waals surface area (Å²) in [6.07, 6.45) is 2.92. The van der Waals surface area contributed by atoms with E-state index in [0.29, 0.717) is 15.9 Å². The molecule has 0 spiro atoms. The average molecular weight is 317 g/mol. The van der Waals surface area contributed by atoms with Gasteiger partial charge in [-0.25, -0.2) is 4.79 Å². The van der Waals surface area contributed by atoms with Crippen molar-refractivity contribution in [3.63, 3.8) is 0 Å². The molecule has 0 N–H and O–H groups in total. The van der Waals surface area contributed by atoms with Crippen molar-refractivity contribution >= 4 is 17.8 Å². The van der Waals surface area contributed by atoms with Gasteiger partial charge >= 0.3 is 16.9 Å². The van der Waals surface area contributed by atoms with E-state index in [1.165, 1.54) is 27.3 Å². The molecule has 0 unspecified atom stereocenters. The maximum atomic E-state index is 12.0. The van der Waals surface area contributed by atoms with Crippen molar-refractivity contribution in [2.24, 2.45) is 14.1 Å². The first kappa shape index (κ1) is 16.2. The van der Waals surface area contributed by atoms with Crippen LogP contribution in [0.4, 0.5) is 5.69 Å². The maximum absolute atomic E-state index is 12.0. The van der Waals surface area contributed by atoms with Crippen molar-refractivity contribution in [2.75, 3.05) is 7.11 Å². The third kappa shape index (κ3) is 2.91. The molecule has 2 rings (SSSR count). The number of methoxy groups -OCH3 is 1. The summed E-state index contributed by atoms with van der Waals surface area (Å²) in [5.41, 5.74) is -1.65. The summed E-state index contributed by atoms with van der Waals surface area (Å²) < 4.78 is 6.96. The standard InChI is InChI=1S/C15H15N3O5/c1-16-11(9-8-10-6-4-5-7-12(10)23-3)13(18(21)22)14(19)17(2)15(16)20/h4-9H,1-3H3. The molecule has 1 heterocycles. The van der Waals surface area contributed by atoms with Gasteiger partial charge in [0.1, 0.15) is 11.4 Å². The first-order valence-electron chi connectivity index (χ1n) is 6.64. The third-order valence-electron chi connectivity index (χ3n) is 3.43. The summed E-state index contributed by atoms with van der Waals surface area (Å²) in [4.78, 5) is 34.4. The van der Waals surface area contributed by atoms with Gasteiger partial charge < -0.3 is 4.74 Å². The summed E-state index contributed by atoms with van der Waals surface area (Å²) in [6.45, 7) is 0. The van der Waals surface area contributed by atoms with E-state index >= 15 is 0 Å². The number of benzene rings is 1. The van der Waals surface area contributed by atoms with E-state index < -0.39 is 21.9 Å². The van der Waals surface area contributed by atoms with Crippen molar-refractivity contribution in [2.45, 2.75) is 0 Å². The lowest BCUT2D eigenvalue weighted by Crippen LogP contribution is -2.39. The van der Waals surface area contributed by atoms with Crippen LogP contribution in [0.3, 0.4) is 0 Å². The number of hydrogen-bond donors (Lipinski definition) is 0. The molecule has 8 nitrogen and oxygen atoms in total. The Bertz CT molecular complexity index is 908. The fourth-order valence-electron chi connectivity index (χ4n) is 2.18. The number of para-hydroxylation sites is 1. The Morgan fingerprint density at radius 3 is 2.39 bits per heavy atom. The smallest absolute Gasteiger partial charge is 0.357 e. The molecule has 0 saturated carbocycles. The van der Waals surface area contributed by atoms with Crippen LogP contribution in [0.15, 0.2) is 33.9 Å². The molecule has 0 atom stereocenters. The van der Waals surface area contributed by atoms with Crippen LogP contribution in [-0.2, 0) is 14.1 Å². The van der Waals surface area contributed by atoms with Gasteiger partial charge in [-0.2, -0.15) is 0 Å². The highest BCUT2D eigenvalue weighted by Crippen LogP contribution is 2.21. The highest BCUT2D eigenvalue weighted by atomic mass is 16.6. The van der Waals surface area contributed by atoms with Crippen LogP contribution in [-0.4, -0.2) is 21.2 Å². The van der Waals surface area contributed by atoms with E-state index in [2.05, 4.69) is 0 Å². The van der Waals surface area contributed by atoms with E-state index in [1.54, 1.807) is 30.3 Å². The number of nitro groups is 1. The average Bonchev–Trinajstić information content (AvgIpc) is 2.54. The van der Waals surface area contributed by atoms with Crippen LogP contribution in [0, 0.1) is 10.1 Å². The SMILES string of the molecule is COc1ccccc1C=Cc1c([N+](=O)[O-])c(=O)n(C)c(=O)n1C. The Morgan fingerprint density at radius 2 is 1.78 bits per heavy atom. The number of aromatic nitrogens is 2. The fraction of sp³-hybridized carbons (Fsp3) is 0.200. The zero-order chi connectivity index (χ0) is 17.1. The molecule has 0 aliphatic carbocycles. The predicted octanol–water partition coefficient (Wildman–Crippen LogP) is 1.17. The molecule has 8 heteroatoms. The quantitative estimate of drug-likeness (QED) is 0.623. The van der Waals surface area contributed by atoms with Crippen LogP contribution < -0.4 is 16.0 Å². The second-order valence-electron chi connectivity index (χ2n) is 4.77. The Morgan fingerprint density at radius 1 is 1.13 bits per heavy atom. The second kappa shape index (κ2) is 6.30. The lowest BCUT2D eigenvalue weighted by Gasteiger charge is -2.07. The number of hydrogen-bond acceptors (Lipinski definition) is 5. The number of rotatable bonds is 4. The van der Waals surface area contributed by atoms with Crippen molar-refractivity contribution in [1.29, 1.82) is 0 Å². The first-order valence-corrected chi connectivity index (χ1v) is 6.64. The molecule has 0 radical (unpaired) electrons. The lowest BCUT2D eigenvalue weighted by atomic mass is 10.1. The normalized spacial score (nSPS) is 10.9. The van der Waals surface area contributed by atoms with Crippen molar-refractivity contribution in [3.8, 4) is 5.75 Å². The molecular weight excluding hydrogens is 302 g/mol. The van der Waals surface area contributed by atoms with Crippen LogP contribution in [0.1, 0.15) is 11.3 Å². The number of ether oxygens (including phenoxy) is 1. The molecule has 120 valence electrons. The minimum Gasteiger partial charge on any atom is -0.496 e. The van der Waals surface area contributed by atoms with Gasteiger partial charge in [0, 0.05) is 19.7 Å². The Kier molecular flexibility index (Phi) is 4.44. The summed E-state index contributed by atoms with van der Waals surface area (Å²) in [7, 11) is 4.07. The highest BCUT2D eigenvalue weighted by Gasteiger charge is 2.23. The molecule has 0 fully saturated rings. The minimum absolute atomic E-state index is 0.0750. The molecule has 0 bridgehead atoms. The van der Waals surface area contributed by atoms with Crippen LogP contribution in [0.25, 0.3) is 12.2 Å². The van der Waals surface area contributed by atoms with Gasteiger partial charge in [-0.15, -0.1) is 0 Å². The van der Waals surface area contributed by atoms with Crippen LogP contribution in [0.5, 0.6) is 5.75 Å². The van der Waals surface area contributed by atoms with Crippen molar-refractivity contribution < 1.29 is 9.66 Å². The molecule has 0 aliphatic heterocycles. The van der Waals surface area contributed by atoms with Gasteiger partial charge in [0.15, 0.2) is 0 Å². The first-order chi connectivity index (χ1) is 10.9. The Hall–Kier alpha value is -3.16. The van der Waals surface area contributed by atoms with Crippen LogP contribution in [0.2, 0.25) is 0 Å². The van der Waals surface area contributed by atoms with Gasteiger partial charge in [-0.3, -0.25) is 24.0 Å². The molecule has 0 saturated heterocycles. The zero-order valence-corrected chi connectivity index (χ0v) is 12.8. The van der Waals surface area contributed by atoms with E-state index in [-0.39, 0.29) is 5.69 Å². The summed E-state index contributed by atoms with van der Waals surface area (Å²) in [5.74, 6) is 0.570. The minimum atomic E-state index is -0.947. The molecule has 2 aromatic rings. The van der Waals surface area contributed by atoms with Gasteiger partial charge in [0.2, 0.25) is 0 Å². The topological polar surface area (TPSA) is 96.4 Å². The van der Waals surface area contributed by atoms with Gasteiger partial charge in [0.25, 0.3) is 0 Å². The monoisotopic (exact) mass is 317 g/mol. The summed E-state index contributed by atoms with van der Waals surface area (Å²) in [6, 6.07) is 7.05. The van der Waals surface area contributed by atoms with E-state index in [9.17, 15) is 19.7 Å². The summed E-state index contributed by atoms with van der Waals surface area (Å²) >= 11 is 0. The van der Waals surface area contributed by atoms with Crippen molar-refractivity contribution in [1.82, 2.24) is 9.13 Å². The van der Waals surface area contributed by atoms with Gasteiger partial charge in [-0.1, -0.05) is 18.2 Å². The lowest BCUT2D eigenvalue weighted by molar-refractivity contribution is -0.387. The molecule has 0 amide bonds. The summed E-state index contributed by atoms with van der Waals surface area (Å²) in [5, 5.41) is 11.2. The van der Waals surface area contributed by atoms with Gasteiger partial charge in [-0.05, 0) is 18.2 Å². The zero-order valence-electron chi connectivity index (χ0n) is 12.8. The van der Waals surface area contributed by atoms with E-state index in [4.69, 9.17) is 4.74 Å². The maximum Gasteiger partial charge on any atom is 0.357 e. The largest absolute Gasteiger partial charge is 0.496 e. The Balaban J connectivity index is 2.69. The van der Waals surface area contributed by atoms with Crippen LogP contribution >= 0.6 is 0 Å². The molecule has 1 aromatic heterocycles.